The number of carbonyl (C=O) groups excluding carboxylic acids is 1. The van der Waals surface area contributed by atoms with Crippen molar-refractivity contribution in [3.63, 3.8) is 0 Å². The Kier molecular flexibility index (Phi) is 5.80. The van der Waals surface area contributed by atoms with E-state index in [4.69, 9.17) is 0 Å². The summed E-state index contributed by atoms with van der Waals surface area (Å²) in [6.07, 6.45) is 2.81. The van der Waals surface area contributed by atoms with Crippen LogP contribution in [0.3, 0.4) is 0 Å². The van der Waals surface area contributed by atoms with Crippen LogP contribution in [-0.2, 0) is 17.8 Å². The number of nitrogens with one attached hydrogen (secondary N) is 1. The molecule has 2 aromatic heterocycles. The smallest absolute Gasteiger partial charge is 0.224 e. The lowest BCUT2D eigenvalue weighted by molar-refractivity contribution is -0.120. The highest BCUT2D eigenvalue weighted by Crippen LogP contribution is 2.19. The predicted octanol–water partition coefficient (Wildman–Crippen LogP) is 3.08. The first kappa shape index (κ1) is 16.6. The lowest BCUT2D eigenvalue weighted by Gasteiger charge is -2.31. The van der Waals surface area contributed by atoms with Crippen LogP contribution >= 0.6 is 22.7 Å². The molecule has 3 rings (SSSR count). The highest BCUT2D eigenvalue weighted by Gasteiger charge is 2.20. The minimum absolute atomic E-state index is 0.142. The second kappa shape index (κ2) is 8.04. The summed E-state index contributed by atoms with van der Waals surface area (Å²) in [5, 5.41) is 10.5. The van der Waals surface area contributed by atoms with Crippen LogP contribution in [-0.4, -0.2) is 35.4 Å². The third-order valence-corrected chi connectivity index (χ3v) is 5.85. The fraction of sp³-hybridized carbons (Fsp3) is 0.529. The number of piperidine rings is 1. The lowest BCUT2D eigenvalue weighted by atomic mass is 9.96. The number of aryl methyl sites for hydroxylation is 1. The Morgan fingerprint density at radius 3 is 2.87 bits per heavy atom. The van der Waals surface area contributed by atoms with Gasteiger partial charge in [0.1, 0.15) is 0 Å². The van der Waals surface area contributed by atoms with Gasteiger partial charge >= 0.3 is 0 Å². The quantitative estimate of drug-likeness (QED) is 0.872. The van der Waals surface area contributed by atoms with Crippen LogP contribution < -0.4 is 5.32 Å². The average molecular weight is 350 g/mol. The molecule has 0 aromatic carbocycles. The van der Waals surface area contributed by atoms with Crippen molar-refractivity contribution in [2.75, 3.05) is 19.6 Å². The first-order chi connectivity index (χ1) is 11.2. The van der Waals surface area contributed by atoms with E-state index in [1.807, 2.05) is 16.8 Å². The van der Waals surface area contributed by atoms with Crippen molar-refractivity contribution in [2.45, 2.75) is 32.7 Å². The molecule has 1 amide bonds. The van der Waals surface area contributed by atoms with Crippen molar-refractivity contribution in [1.29, 1.82) is 0 Å². The molecule has 124 valence electrons. The summed E-state index contributed by atoms with van der Waals surface area (Å²) in [6.45, 7) is 6.02. The molecule has 2 aromatic rings. The molecule has 1 aliphatic rings. The van der Waals surface area contributed by atoms with Crippen LogP contribution in [0.1, 0.15) is 29.1 Å². The van der Waals surface area contributed by atoms with Gasteiger partial charge in [0.2, 0.25) is 5.91 Å². The number of nitrogens with zero attached hydrogens (tertiary/aromatic N) is 2. The highest BCUT2D eigenvalue weighted by atomic mass is 32.1. The SMILES string of the molecule is Cc1nc(CN2CCC(CNC(=O)Cc3ccsc3)CC2)cs1. The summed E-state index contributed by atoms with van der Waals surface area (Å²) in [7, 11) is 0. The van der Waals surface area contributed by atoms with Gasteiger partial charge in [0.15, 0.2) is 0 Å². The molecule has 0 unspecified atom stereocenters. The number of thiazole rings is 1. The Labute approximate surface area is 145 Å². The van der Waals surface area contributed by atoms with Crippen molar-refractivity contribution in [1.82, 2.24) is 15.2 Å². The lowest BCUT2D eigenvalue weighted by Crippen LogP contribution is -2.38. The van der Waals surface area contributed by atoms with E-state index in [-0.39, 0.29) is 5.91 Å². The molecular formula is C17H23N3OS2. The number of hydrogen-bond donors (Lipinski definition) is 1. The molecule has 1 N–H and O–H groups in total. The molecule has 1 aliphatic heterocycles. The summed E-state index contributed by atoms with van der Waals surface area (Å²) in [4.78, 5) is 18.9. The first-order valence-corrected chi connectivity index (χ1v) is 9.92. The normalized spacial score (nSPS) is 16.6. The Hall–Kier alpha value is -1.24. The molecule has 0 bridgehead atoms. The van der Waals surface area contributed by atoms with Gasteiger partial charge in [-0.25, -0.2) is 4.98 Å². The van der Waals surface area contributed by atoms with Crippen molar-refractivity contribution in [3.05, 3.63) is 38.5 Å². The maximum Gasteiger partial charge on any atom is 0.224 e. The number of likely N-dealkylation sites (tertiary alicyclic amines) is 1. The van der Waals surface area contributed by atoms with Gasteiger partial charge in [-0.1, -0.05) is 0 Å². The topological polar surface area (TPSA) is 45.2 Å². The van der Waals surface area contributed by atoms with Gasteiger partial charge in [-0.15, -0.1) is 11.3 Å². The fourth-order valence-electron chi connectivity index (χ4n) is 2.96. The third kappa shape index (κ3) is 5.12. The Morgan fingerprint density at radius 1 is 1.39 bits per heavy atom. The van der Waals surface area contributed by atoms with Crippen molar-refractivity contribution >= 4 is 28.6 Å². The molecule has 0 radical (unpaired) electrons. The maximum atomic E-state index is 11.9. The van der Waals surface area contributed by atoms with E-state index in [0.717, 1.165) is 49.6 Å². The average Bonchev–Trinajstić information content (AvgIpc) is 3.18. The molecule has 0 spiro atoms. The van der Waals surface area contributed by atoms with Crippen molar-refractivity contribution in [2.24, 2.45) is 5.92 Å². The molecule has 23 heavy (non-hydrogen) atoms. The number of carbonyl (C=O) groups is 1. The van der Waals surface area contributed by atoms with E-state index >= 15 is 0 Å². The van der Waals surface area contributed by atoms with E-state index in [1.54, 1.807) is 22.7 Å². The van der Waals surface area contributed by atoms with Gasteiger partial charge in [0, 0.05) is 18.5 Å². The van der Waals surface area contributed by atoms with Crippen LogP contribution in [0.4, 0.5) is 0 Å². The second-order valence-electron chi connectivity index (χ2n) is 6.19. The number of amides is 1. The molecule has 1 saturated heterocycles. The molecule has 0 aliphatic carbocycles. The van der Waals surface area contributed by atoms with Crippen LogP contribution in [0.25, 0.3) is 0 Å². The van der Waals surface area contributed by atoms with Gasteiger partial charge in [-0.05, 0) is 61.2 Å². The van der Waals surface area contributed by atoms with E-state index in [2.05, 4.69) is 27.5 Å². The Bertz CT molecular complexity index is 616. The largest absolute Gasteiger partial charge is 0.356 e. The number of hydrogen-bond acceptors (Lipinski definition) is 5. The summed E-state index contributed by atoms with van der Waals surface area (Å²) in [5.41, 5.74) is 2.30. The molecular weight excluding hydrogens is 326 g/mol. The van der Waals surface area contributed by atoms with E-state index in [0.29, 0.717) is 12.3 Å². The second-order valence-corrected chi connectivity index (χ2v) is 8.03. The van der Waals surface area contributed by atoms with Gasteiger partial charge in [0.05, 0.1) is 17.1 Å². The standard InChI is InChI=1S/C17H23N3OS2/c1-13-19-16(12-23-13)10-20-5-2-14(3-6-20)9-18-17(21)8-15-4-7-22-11-15/h4,7,11-12,14H,2-3,5-6,8-10H2,1H3,(H,18,21). The molecule has 0 atom stereocenters. The molecule has 6 heteroatoms. The zero-order chi connectivity index (χ0) is 16.1. The molecule has 0 saturated carbocycles. The number of thiophene rings is 1. The predicted molar refractivity (Wildman–Crippen MR) is 95.9 cm³/mol. The van der Waals surface area contributed by atoms with Crippen LogP contribution in [0, 0.1) is 12.8 Å². The molecule has 1 fully saturated rings. The van der Waals surface area contributed by atoms with Crippen molar-refractivity contribution < 1.29 is 4.79 Å². The molecule has 3 heterocycles. The van der Waals surface area contributed by atoms with Gasteiger partial charge in [-0.3, -0.25) is 9.69 Å². The summed E-state index contributed by atoms with van der Waals surface area (Å²) < 4.78 is 0. The number of aromatic nitrogens is 1. The monoisotopic (exact) mass is 349 g/mol. The fourth-order valence-corrected chi connectivity index (χ4v) is 4.23. The maximum absolute atomic E-state index is 11.9. The van der Waals surface area contributed by atoms with Crippen LogP contribution in [0.5, 0.6) is 0 Å². The van der Waals surface area contributed by atoms with E-state index in [9.17, 15) is 4.79 Å². The Balaban J connectivity index is 1.35. The Morgan fingerprint density at radius 2 is 2.22 bits per heavy atom. The van der Waals surface area contributed by atoms with Crippen LogP contribution in [0.2, 0.25) is 0 Å². The molecule has 4 nitrogen and oxygen atoms in total. The van der Waals surface area contributed by atoms with E-state index in [1.165, 1.54) is 5.69 Å². The third-order valence-electron chi connectivity index (χ3n) is 4.29. The summed E-state index contributed by atoms with van der Waals surface area (Å²) >= 11 is 3.36. The van der Waals surface area contributed by atoms with Gasteiger partial charge in [-0.2, -0.15) is 11.3 Å². The van der Waals surface area contributed by atoms with Crippen molar-refractivity contribution in [3.8, 4) is 0 Å². The minimum Gasteiger partial charge on any atom is -0.356 e. The highest BCUT2D eigenvalue weighted by molar-refractivity contribution is 7.09. The summed E-state index contributed by atoms with van der Waals surface area (Å²) in [5.74, 6) is 0.749. The first-order valence-electron chi connectivity index (χ1n) is 8.10. The van der Waals surface area contributed by atoms with E-state index < -0.39 is 0 Å². The number of rotatable bonds is 6. The zero-order valence-electron chi connectivity index (χ0n) is 13.5. The van der Waals surface area contributed by atoms with Gasteiger partial charge in [0.25, 0.3) is 0 Å². The summed E-state index contributed by atoms with van der Waals surface area (Å²) in [6, 6.07) is 2.02. The zero-order valence-corrected chi connectivity index (χ0v) is 15.1. The minimum atomic E-state index is 0.142. The van der Waals surface area contributed by atoms with Gasteiger partial charge < -0.3 is 5.32 Å². The van der Waals surface area contributed by atoms with Crippen LogP contribution in [0.15, 0.2) is 22.2 Å².